The van der Waals surface area contributed by atoms with E-state index in [4.69, 9.17) is 26.5 Å². The number of non-ortho nitro benzene ring substituents is 1. The molecular weight excluding hydrogens is 600 g/mol. The molecule has 0 spiro atoms. The first-order valence-electron chi connectivity index (χ1n) is 13.6. The predicted molar refractivity (Wildman–Crippen MR) is 166 cm³/mol. The number of nitrogens with one attached hydrogen (secondary N) is 1. The lowest BCUT2D eigenvalue weighted by Crippen LogP contribution is -2.23. The van der Waals surface area contributed by atoms with Crippen LogP contribution in [0.15, 0.2) is 89.6 Å². The van der Waals surface area contributed by atoms with E-state index in [1.54, 1.807) is 18.5 Å². The molecule has 0 unspecified atom stereocenters. The van der Waals surface area contributed by atoms with Crippen molar-refractivity contribution in [3.63, 3.8) is 0 Å². The minimum atomic E-state index is -0.746. The van der Waals surface area contributed by atoms with Gasteiger partial charge in [0.25, 0.3) is 11.6 Å². The van der Waals surface area contributed by atoms with Gasteiger partial charge < -0.3 is 20.2 Å². The summed E-state index contributed by atoms with van der Waals surface area (Å²) in [6.45, 7) is -0.199. The van der Waals surface area contributed by atoms with Gasteiger partial charge in [0.2, 0.25) is 5.76 Å². The summed E-state index contributed by atoms with van der Waals surface area (Å²) in [5, 5.41) is 16.8. The number of nitro groups is 1. The van der Waals surface area contributed by atoms with Crippen molar-refractivity contribution in [2.24, 2.45) is 0 Å². The fourth-order valence-corrected chi connectivity index (χ4v) is 4.92. The maximum absolute atomic E-state index is 13.3. The Labute approximate surface area is 260 Å². The Hall–Kier alpha value is -5.88. The average Bonchev–Trinajstić information content (AvgIpc) is 3.44. The smallest absolute Gasteiger partial charge is 0.338 e. The van der Waals surface area contributed by atoms with Gasteiger partial charge in [-0.3, -0.25) is 19.9 Å². The number of carbonyl (C=O) groups excluding carboxylic acids is 2. The number of nitrogens with two attached hydrogens (primary N) is 1. The maximum Gasteiger partial charge on any atom is 0.338 e. The number of oxazole rings is 1. The number of amides is 1. The Morgan fingerprint density at radius 1 is 0.978 bits per heavy atom. The van der Waals surface area contributed by atoms with E-state index in [1.165, 1.54) is 24.3 Å². The van der Waals surface area contributed by atoms with Crippen molar-refractivity contribution in [2.75, 3.05) is 5.73 Å². The molecule has 224 valence electrons. The zero-order valence-corrected chi connectivity index (χ0v) is 24.2. The van der Waals surface area contributed by atoms with Crippen LogP contribution in [-0.4, -0.2) is 31.8 Å². The number of anilines is 1. The zero-order chi connectivity index (χ0) is 31.5. The SMILES string of the molecule is Nc1nccc2cc(CNC(=O)c3oc(Cc4ccc5ncc(Cl)cc5c4)nc3COC(=O)c3ccc([N+](=O)[O-])cc3)ccc12. The van der Waals surface area contributed by atoms with Crippen LogP contribution in [0.25, 0.3) is 21.7 Å². The topological polar surface area (TPSA) is 176 Å². The number of halogens is 1. The molecule has 1 amide bonds. The number of carbonyl (C=O) groups is 2. The first-order chi connectivity index (χ1) is 21.7. The van der Waals surface area contributed by atoms with Gasteiger partial charge in [0.1, 0.15) is 18.1 Å². The van der Waals surface area contributed by atoms with Crippen molar-refractivity contribution in [1.82, 2.24) is 20.3 Å². The number of aromatic nitrogens is 3. The number of benzene rings is 3. The number of hydrogen-bond donors (Lipinski definition) is 2. The molecule has 0 atom stereocenters. The number of nitrogen functional groups attached to an aromatic ring is 1. The number of pyridine rings is 2. The molecule has 13 heteroatoms. The van der Waals surface area contributed by atoms with Gasteiger partial charge in [-0.1, -0.05) is 29.8 Å². The predicted octanol–water partition coefficient (Wildman–Crippen LogP) is 5.79. The van der Waals surface area contributed by atoms with Crippen LogP contribution in [0.5, 0.6) is 0 Å². The van der Waals surface area contributed by atoms with Gasteiger partial charge in [0.05, 0.1) is 21.0 Å². The Morgan fingerprint density at radius 3 is 2.56 bits per heavy atom. The third kappa shape index (κ3) is 6.55. The molecule has 6 aromatic rings. The van der Waals surface area contributed by atoms with E-state index < -0.39 is 16.8 Å². The molecule has 0 saturated heterocycles. The molecule has 3 aromatic heterocycles. The van der Waals surface area contributed by atoms with Crippen LogP contribution >= 0.6 is 11.6 Å². The monoisotopic (exact) mass is 622 g/mol. The van der Waals surface area contributed by atoms with Gasteiger partial charge in [0, 0.05) is 48.3 Å². The van der Waals surface area contributed by atoms with Gasteiger partial charge in [-0.05, 0) is 59.0 Å². The molecule has 0 bridgehead atoms. The van der Waals surface area contributed by atoms with Gasteiger partial charge in [-0.25, -0.2) is 14.8 Å². The van der Waals surface area contributed by atoms with Crippen LogP contribution in [0.2, 0.25) is 5.02 Å². The Kier molecular flexibility index (Phi) is 8.04. The standard InChI is InChI=1S/C32H23ClN6O6/c33-23-14-22-11-18(2-8-26(22)36-16-23)13-28-38-27(17-44-32(41)20-3-5-24(6-4-20)39(42)43)29(45-28)31(40)37-15-19-1-7-25-21(12-19)9-10-35-30(25)34/h1-12,14,16H,13,15,17H2,(H2,34,35)(H,37,40). The maximum atomic E-state index is 13.3. The van der Waals surface area contributed by atoms with E-state index in [1.807, 2.05) is 42.5 Å². The van der Waals surface area contributed by atoms with E-state index in [-0.39, 0.29) is 48.2 Å². The summed E-state index contributed by atoms with van der Waals surface area (Å²) in [7, 11) is 0. The lowest BCUT2D eigenvalue weighted by molar-refractivity contribution is -0.384. The van der Waals surface area contributed by atoms with Crippen molar-refractivity contribution in [3.8, 4) is 0 Å². The fraction of sp³-hybridized carbons (Fsp3) is 0.0938. The summed E-state index contributed by atoms with van der Waals surface area (Å²) < 4.78 is 11.3. The number of rotatable bonds is 9. The van der Waals surface area contributed by atoms with Crippen molar-refractivity contribution in [1.29, 1.82) is 0 Å². The first kappa shape index (κ1) is 29.2. The number of nitrogens with zero attached hydrogens (tertiary/aromatic N) is 4. The van der Waals surface area contributed by atoms with Gasteiger partial charge in [-0.15, -0.1) is 0 Å². The summed E-state index contributed by atoms with van der Waals surface area (Å²) in [6.07, 6.45) is 3.41. The number of hydrogen-bond acceptors (Lipinski definition) is 10. The summed E-state index contributed by atoms with van der Waals surface area (Å²) >= 11 is 6.11. The van der Waals surface area contributed by atoms with Crippen molar-refractivity contribution in [2.45, 2.75) is 19.6 Å². The Bertz CT molecular complexity index is 2100. The fourth-order valence-electron chi connectivity index (χ4n) is 4.75. The molecule has 6 rings (SSSR count). The summed E-state index contributed by atoms with van der Waals surface area (Å²) in [5.41, 5.74) is 8.41. The molecular formula is C32H23ClN6O6. The third-order valence-corrected chi connectivity index (χ3v) is 7.19. The Balaban J connectivity index is 1.23. The molecule has 0 saturated carbocycles. The number of fused-ring (bicyclic) bond motifs is 2. The van der Waals surface area contributed by atoms with E-state index in [9.17, 15) is 19.7 Å². The largest absolute Gasteiger partial charge is 0.455 e. The molecule has 3 aromatic carbocycles. The molecule has 0 aliphatic rings. The second kappa shape index (κ2) is 12.4. The number of ether oxygens (including phenoxy) is 1. The van der Waals surface area contributed by atoms with E-state index >= 15 is 0 Å². The number of nitro benzene ring substituents is 1. The normalized spacial score (nSPS) is 11.0. The van der Waals surface area contributed by atoms with E-state index in [0.29, 0.717) is 10.8 Å². The van der Waals surface area contributed by atoms with Crippen LogP contribution in [0.3, 0.4) is 0 Å². The molecule has 0 aliphatic heterocycles. The molecule has 3 heterocycles. The number of esters is 1. The summed E-state index contributed by atoms with van der Waals surface area (Å²) in [4.78, 5) is 49.3. The lowest BCUT2D eigenvalue weighted by atomic mass is 10.1. The Morgan fingerprint density at radius 2 is 1.76 bits per heavy atom. The van der Waals surface area contributed by atoms with Crippen molar-refractivity contribution >= 4 is 56.7 Å². The summed E-state index contributed by atoms with van der Waals surface area (Å²) in [6, 6.07) is 19.8. The van der Waals surface area contributed by atoms with Crippen LogP contribution in [0, 0.1) is 10.1 Å². The van der Waals surface area contributed by atoms with Crippen molar-refractivity contribution in [3.05, 3.63) is 134 Å². The highest BCUT2D eigenvalue weighted by Crippen LogP contribution is 2.23. The van der Waals surface area contributed by atoms with Gasteiger partial charge in [0.15, 0.2) is 5.89 Å². The van der Waals surface area contributed by atoms with Crippen LogP contribution in [0.4, 0.5) is 11.5 Å². The zero-order valence-electron chi connectivity index (χ0n) is 23.4. The van der Waals surface area contributed by atoms with Crippen LogP contribution in [-0.2, 0) is 24.3 Å². The second-order valence-electron chi connectivity index (χ2n) is 10.1. The van der Waals surface area contributed by atoms with Gasteiger partial charge in [-0.2, -0.15) is 0 Å². The van der Waals surface area contributed by atoms with E-state index in [2.05, 4.69) is 20.3 Å². The average molecular weight is 623 g/mol. The minimum Gasteiger partial charge on any atom is -0.455 e. The molecule has 0 fully saturated rings. The quantitative estimate of drug-likeness (QED) is 0.114. The third-order valence-electron chi connectivity index (χ3n) is 6.98. The molecule has 45 heavy (non-hydrogen) atoms. The highest BCUT2D eigenvalue weighted by Gasteiger charge is 2.22. The molecule has 12 nitrogen and oxygen atoms in total. The van der Waals surface area contributed by atoms with Crippen LogP contribution in [0.1, 0.15) is 43.6 Å². The first-order valence-corrected chi connectivity index (χ1v) is 14.0. The van der Waals surface area contributed by atoms with Gasteiger partial charge >= 0.3 is 5.97 Å². The minimum absolute atomic E-state index is 0.103. The second-order valence-corrected chi connectivity index (χ2v) is 10.5. The van der Waals surface area contributed by atoms with E-state index in [0.717, 1.165) is 32.8 Å². The molecule has 0 radical (unpaired) electrons. The molecule has 3 N–H and O–H groups in total. The van der Waals surface area contributed by atoms with Crippen LogP contribution < -0.4 is 11.1 Å². The lowest BCUT2D eigenvalue weighted by Gasteiger charge is -2.07. The highest BCUT2D eigenvalue weighted by molar-refractivity contribution is 6.31. The summed E-state index contributed by atoms with van der Waals surface area (Å²) in [5.74, 6) is -0.773. The van der Waals surface area contributed by atoms with Crippen molar-refractivity contribution < 1.29 is 23.7 Å². The highest BCUT2D eigenvalue weighted by atomic mass is 35.5. The molecule has 0 aliphatic carbocycles.